The van der Waals surface area contributed by atoms with Crippen molar-refractivity contribution in [1.82, 2.24) is 5.32 Å². The molecule has 108 valence electrons. The monoisotopic (exact) mass is 315 g/mol. The lowest BCUT2D eigenvalue weighted by atomic mass is 10.0. The van der Waals surface area contributed by atoms with Gasteiger partial charge in [0, 0.05) is 16.5 Å². The lowest BCUT2D eigenvalue weighted by Gasteiger charge is -2.19. The van der Waals surface area contributed by atoms with E-state index in [4.69, 9.17) is 11.6 Å². The summed E-state index contributed by atoms with van der Waals surface area (Å²) in [6.07, 6.45) is 0. The third kappa shape index (κ3) is 2.87. The third-order valence-corrected chi connectivity index (χ3v) is 4.96. The summed E-state index contributed by atoms with van der Waals surface area (Å²) in [6.45, 7) is 6.14. The molecule has 1 N–H and O–H groups in total. The fraction of sp³-hybridized carbons (Fsp3) is 0.333. The number of thiophene rings is 1. The van der Waals surface area contributed by atoms with Gasteiger partial charge in [0.25, 0.3) is 0 Å². The van der Waals surface area contributed by atoms with Gasteiger partial charge in [-0.05, 0) is 43.0 Å². The number of nitrogens with one attached hydrogen (secondary N) is 1. The Morgan fingerprint density at radius 1 is 1.20 bits per heavy atom. The summed E-state index contributed by atoms with van der Waals surface area (Å²) in [7, 11) is 0. The molecule has 0 aliphatic carbocycles. The highest BCUT2D eigenvalue weighted by Gasteiger charge is 2.23. The number of hydrogen-bond acceptors (Lipinski definition) is 2. The molecule has 1 nitrogen and oxygen atoms in total. The molecule has 1 atom stereocenters. The van der Waals surface area contributed by atoms with Crippen molar-refractivity contribution < 1.29 is 8.78 Å². The number of benzene rings is 1. The molecule has 1 unspecified atom stereocenters. The Morgan fingerprint density at radius 3 is 2.45 bits per heavy atom. The highest BCUT2D eigenvalue weighted by Crippen LogP contribution is 2.37. The van der Waals surface area contributed by atoms with E-state index in [-0.39, 0.29) is 6.04 Å². The van der Waals surface area contributed by atoms with Gasteiger partial charge in [-0.3, -0.25) is 0 Å². The molecule has 20 heavy (non-hydrogen) atoms. The van der Waals surface area contributed by atoms with Gasteiger partial charge in [-0.1, -0.05) is 18.5 Å². The molecule has 5 heteroatoms. The van der Waals surface area contributed by atoms with E-state index in [0.29, 0.717) is 22.7 Å². The van der Waals surface area contributed by atoms with Crippen LogP contribution in [0, 0.1) is 25.5 Å². The molecule has 0 spiro atoms. The van der Waals surface area contributed by atoms with Crippen molar-refractivity contribution in [2.45, 2.75) is 26.8 Å². The van der Waals surface area contributed by atoms with Gasteiger partial charge in [0.2, 0.25) is 0 Å². The number of rotatable bonds is 4. The SMILES string of the molecule is CCNC(c1cc(C)c(F)cc1F)c1scc(C)c1Cl. The van der Waals surface area contributed by atoms with Crippen LogP contribution in [0.4, 0.5) is 8.78 Å². The molecule has 0 fully saturated rings. The standard InChI is InChI=1S/C15H16ClF2NS/c1-4-19-14(15-13(16)9(3)7-20-15)10-5-8(2)11(17)6-12(10)18/h5-7,14,19H,4H2,1-3H3. The van der Waals surface area contributed by atoms with Crippen molar-refractivity contribution in [3.8, 4) is 0 Å². The summed E-state index contributed by atoms with van der Waals surface area (Å²) < 4.78 is 27.5. The van der Waals surface area contributed by atoms with E-state index in [1.807, 2.05) is 19.2 Å². The largest absolute Gasteiger partial charge is 0.306 e. The minimum absolute atomic E-state index is 0.356. The van der Waals surface area contributed by atoms with E-state index in [1.54, 1.807) is 13.0 Å². The van der Waals surface area contributed by atoms with E-state index >= 15 is 0 Å². The summed E-state index contributed by atoms with van der Waals surface area (Å²) in [4.78, 5) is 0.857. The zero-order valence-electron chi connectivity index (χ0n) is 11.6. The summed E-state index contributed by atoms with van der Waals surface area (Å²) in [5.74, 6) is -1.09. The minimum atomic E-state index is -0.554. The highest BCUT2D eigenvalue weighted by molar-refractivity contribution is 7.10. The second-order valence-electron chi connectivity index (χ2n) is 4.71. The third-order valence-electron chi connectivity index (χ3n) is 3.18. The van der Waals surface area contributed by atoms with Crippen molar-refractivity contribution in [2.24, 2.45) is 0 Å². The molecule has 0 amide bonds. The molecule has 0 radical (unpaired) electrons. The van der Waals surface area contributed by atoms with Crippen LogP contribution in [0.25, 0.3) is 0 Å². The van der Waals surface area contributed by atoms with Crippen LogP contribution < -0.4 is 5.32 Å². The first-order chi connectivity index (χ1) is 9.45. The number of hydrogen-bond donors (Lipinski definition) is 1. The molecule has 1 aromatic carbocycles. The van der Waals surface area contributed by atoms with Crippen LogP contribution in [0.2, 0.25) is 5.02 Å². The van der Waals surface area contributed by atoms with Gasteiger partial charge in [0.15, 0.2) is 0 Å². The maximum atomic E-state index is 14.1. The Hall–Kier alpha value is -0.970. The van der Waals surface area contributed by atoms with Crippen LogP contribution in [0.3, 0.4) is 0 Å². The van der Waals surface area contributed by atoms with Crippen LogP contribution >= 0.6 is 22.9 Å². The first-order valence-corrected chi connectivity index (χ1v) is 7.63. The van der Waals surface area contributed by atoms with Crippen molar-refractivity contribution in [2.75, 3.05) is 6.54 Å². The fourth-order valence-electron chi connectivity index (χ4n) is 2.09. The van der Waals surface area contributed by atoms with Gasteiger partial charge in [0.1, 0.15) is 11.6 Å². The van der Waals surface area contributed by atoms with Crippen LogP contribution in [0.15, 0.2) is 17.5 Å². The molecular formula is C15H16ClF2NS. The molecule has 1 heterocycles. The van der Waals surface area contributed by atoms with E-state index in [0.717, 1.165) is 16.5 Å². The molecule has 2 rings (SSSR count). The van der Waals surface area contributed by atoms with E-state index < -0.39 is 11.6 Å². The average Bonchev–Trinajstić information content (AvgIpc) is 2.72. The van der Waals surface area contributed by atoms with Gasteiger partial charge in [-0.2, -0.15) is 0 Å². The van der Waals surface area contributed by atoms with Crippen LogP contribution in [-0.4, -0.2) is 6.54 Å². The lowest BCUT2D eigenvalue weighted by molar-refractivity contribution is 0.540. The molecule has 1 aromatic heterocycles. The summed E-state index contributed by atoms with van der Waals surface area (Å²) in [6, 6.07) is 2.12. The zero-order chi connectivity index (χ0) is 14.9. The maximum absolute atomic E-state index is 14.1. The Kier molecular flexibility index (Phi) is 4.78. The maximum Gasteiger partial charge on any atom is 0.131 e. The Morgan fingerprint density at radius 2 is 1.90 bits per heavy atom. The normalized spacial score (nSPS) is 12.7. The van der Waals surface area contributed by atoms with Crippen LogP contribution in [0.1, 0.15) is 34.5 Å². The summed E-state index contributed by atoms with van der Waals surface area (Å²) >= 11 is 7.77. The summed E-state index contributed by atoms with van der Waals surface area (Å²) in [5, 5.41) is 5.80. The Bertz CT molecular complexity index is 625. The zero-order valence-corrected chi connectivity index (χ0v) is 13.1. The fourth-order valence-corrected chi connectivity index (χ4v) is 3.49. The van der Waals surface area contributed by atoms with Gasteiger partial charge >= 0.3 is 0 Å². The van der Waals surface area contributed by atoms with Crippen molar-refractivity contribution in [3.05, 3.63) is 55.7 Å². The lowest BCUT2D eigenvalue weighted by Crippen LogP contribution is -2.22. The highest BCUT2D eigenvalue weighted by atomic mass is 35.5. The Balaban J connectivity index is 2.54. The molecule has 0 saturated carbocycles. The molecule has 0 aliphatic rings. The molecular weight excluding hydrogens is 300 g/mol. The smallest absolute Gasteiger partial charge is 0.131 e. The first-order valence-electron chi connectivity index (χ1n) is 6.38. The van der Waals surface area contributed by atoms with Gasteiger partial charge in [-0.15, -0.1) is 11.3 Å². The van der Waals surface area contributed by atoms with Gasteiger partial charge in [0.05, 0.1) is 11.1 Å². The van der Waals surface area contributed by atoms with Gasteiger partial charge in [-0.25, -0.2) is 8.78 Å². The number of halogens is 3. The second-order valence-corrected chi connectivity index (χ2v) is 6.00. The molecule has 2 aromatic rings. The first kappa shape index (κ1) is 15.4. The predicted octanol–water partition coefficient (Wildman–Crippen LogP) is 5.00. The van der Waals surface area contributed by atoms with Crippen molar-refractivity contribution >= 4 is 22.9 Å². The minimum Gasteiger partial charge on any atom is -0.306 e. The molecule has 0 aliphatic heterocycles. The van der Waals surface area contributed by atoms with E-state index in [1.165, 1.54) is 11.3 Å². The number of aryl methyl sites for hydroxylation is 2. The quantitative estimate of drug-likeness (QED) is 0.837. The average molecular weight is 316 g/mol. The molecule has 0 bridgehead atoms. The second kappa shape index (κ2) is 6.20. The van der Waals surface area contributed by atoms with Crippen LogP contribution in [0.5, 0.6) is 0 Å². The molecule has 0 saturated heterocycles. The van der Waals surface area contributed by atoms with Gasteiger partial charge < -0.3 is 5.32 Å². The Labute approximate surface area is 126 Å². The predicted molar refractivity (Wildman–Crippen MR) is 80.7 cm³/mol. The van der Waals surface area contributed by atoms with E-state index in [9.17, 15) is 8.78 Å². The topological polar surface area (TPSA) is 12.0 Å². The summed E-state index contributed by atoms with van der Waals surface area (Å²) in [5.41, 5.74) is 1.82. The van der Waals surface area contributed by atoms with E-state index in [2.05, 4.69) is 5.32 Å². The van der Waals surface area contributed by atoms with Crippen molar-refractivity contribution in [1.29, 1.82) is 0 Å². The van der Waals surface area contributed by atoms with Crippen LogP contribution in [-0.2, 0) is 0 Å². The van der Waals surface area contributed by atoms with Crippen molar-refractivity contribution in [3.63, 3.8) is 0 Å².